The molecule has 1 fully saturated rings. The summed E-state index contributed by atoms with van der Waals surface area (Å²) < 4.78 is 0. The van der Waals surface area contributed by atoms with Crippen LogP contribution in [0, 0.1) is 5.92 Å². The molecule has 1 aliphatic rings. The standard InChI is InChI=1S/C17H20ClN3O2/c18-13-5-2-4-12(8-13)16-15(10-20-21-16)17(23)19-9-11-3-1-6-14(22)7-11/h2,4-5,8,10-11,14,22H,1,3,6-7,9H2,(H,19,23)(H,20,21)/t11-,14-/m0/s1. The highest BCUT2D eigenvalue weighted by atomic mass is 35.5. The molecule has 1 aliphatic carbocycles. The lowest BCUT2D eigenvalue weighted by Crippen LogP contribution is -2.33. The summed E-state index contributed by atoms with van der Waals surface area (Å²) in [6, 6.07) is 7.30. The summed E-state index contributed by atoms with van der Waals surface area (Å²) in [5.41, 5.74) is 1.99. The molecule has 1 saturated carbocycles. The molecular weight excluding hydrogens is 314 g/mol. The maximum atomic E-state index is 12.4. The molecule has 0 radical (unpaired) electrons. The van der Waals surface area contributed by atoms with Gasteiger partial charge >= 0.3 is 0 Å². The van der Waals surface area contributed by atoms with Crippen LogP contribution in [0.5, 0.6) is 0 Å². The van der Waals surface area contributed by atoms with Crippen LogP contribution < -0.4 is 5.32 Å². The number of carbonyl (C=O) groups is 1. The minimum atomic E-state index is -0.235. The van der Waals surface area contributed by atoms with Crippen molar-refractivity contribution in [3.05, 3.63) is 41.0 Å². The van der Waals surface area contributed by atoms with Crippen molar-refractivity contribution >= 4 is 17.5 Å². The summed E-state index contributed by atoms with van der Waals surface area (Å²) >= 11 is 6.01. The number of amides is 1. The molecule has 1 aromatic heterocycles. The average molecular weight is 334 g/mol. The number of benzene rings is 1. The third-order valence-electron chi connectivity index (χ3n) is 4.30. The van der Waals surface area contributed by atoms with E-state index in [9.17, 15) is 9.90 Å². The van der Waals surface area contributed by atoms with E-state index in [1.165, 1.54) is 6.20 Å². The van der Waals surface area contributed by atoms with Crippen LogP contribution >= 0.6 is 11.6 Å². The zero-order chi connectivity index (χ0) is 16.2. The number of aliphatic hydroxyl groups is 1. The van der Waals surface area contributed by atoms with E-state index in [4.69, 9.17) is 11.6 Å². The summed E-state index contributed by atoms with van der Waals surface area (Å²) in [5.74, 6) is 0.179. The van der Waals surface area contributed by atoms with Gasteiger partial charge in [0, 0.05) is 17.1 Å². The van der Waals surface area contributed by atoms with Gasteiger partial charge in [-0.15, -0.1) is 0 Å². The van der Waals surface area contributed by atoms with Crippen molar-refractivity contribution in [3.63, 3.8) is 0 Å². The molecule has 1 heterocycles. The summed E-state index contributed by atoms with van der Waals surface area (Å²) in [6.45, 7) is 0.579. The Morgan fingerprint density at radius 2 is 2.30 bits per heavy atom. The van der Waals surface area contributed by atoms with E-state index in [1.54, 1.807) is 12.1 Å². The Morgan fingerprint density at radius 1 is 1.43 bits per heavy atom. The van der Waals surface area contributed by atoms with Crippen LogP contribution in [0.3, 0.4) is 0 Å². The number of aliphatic hydroxyl groups excluding tert-OH is 1. The van der Waals surface area contributed by atoms with Crippen molar-refractivity contribution < 1.29 is 9.90 Å². The molecule has 122 valence electrons. The molecule has 3 N–H and O–H groups in total. The van der Waals surface area contributed by atoms with Gasteiger partial charge in [-0.2, -0.15) is 5.10 Å². The number of aromatic amines is 1. The lowest BCUT2D eigenvalue weighted by molar-refractivity contribution is 0.0874. The molecule has 0 aliphatic heterocycles. The molecule has 1 aromatic carbocycles. The number of hydrogen-bond acceptors (Lipinski definition) is 3. The molecule has 5 nitrogen and oxygen atoms in total. The van der Waals surface area contributed by atoms with Gasteiger partial charge < -0.3 is 10.4 Å². The number of halogens is 1. The SMILES string of the molecule is O=C(NC[C@H]1CCC[C@H](O)C1)c1cn[nH]c1-c1cccc(Cl)c1. The molecule has 23 heavy (non-hydrogen) atoms. The van der Waals surface area contributed by atoms with E-state index in [-0.39, 0.29) is 12.0 Å². The first-order valence-electron chi connectivity index (χ1n) is 7.89. The smallest absolute Gasteiger partial charge is 0.255 e. The van der Waals surface area contributed by atoms with Crippen molar-refractivity contribution in [3.8, 4) is 11.3 Å². The average Bonchev–Trinajstić information content (AvgIpc) is 3.02. The quantitative estimate of drug-likeness (QED) is 0.804. The zero-order valence-electron chi connectivity index (χ0n) is 12.8. The maximum absolute atomic E-state index is 12.4. The molecule has 0 unspecified atom stereocenters. The van der Waals surface area contributed by atoms with Crippen LogP contribution in [0.4, 0.5) is 0 Å². The van der Waals surface area contributed by atoms with Crippen LogP contribution in [0.25, 0.3) is 11.3 Å². The maximum Gasteiger partial charge on any atom is 0.255 e. The predicted octanol–water partition coefficient (Wildman–Crippen LogP) is 3.01. The summed E-state index contributed by atoms with van der Waals surface area (Å²) in [6.07, 6.45) is 4.98. The molecule has 0 spiro atoms. The first kappa shape index (κ1) is 16.0. The minimum Gasteiger partial charge on any atom is -0.393 e. The van der Waals surface area contributed by atoms with Crippen molar-refractivity contribution in [1.29, 1.82) is 0 Å². The lowest BCUT2D eigenvalue weighted by Gasteiger charge is -2.25. The fourth-order valence-electron chi connectivity index (χ4n) is 3.10. The van der Waals surface area contributed by atoms with Gasteiger partial charge in [0.1, 0.15) is 0 Å². The van der Waals surface area contributed by atoms with E-state index in [1.807, 2.05) is 12.1 Å². The number of carbonyl (C=O) groups excluding carboxylic acids is 1. The number of hydrogen-bond donors (Lipinski definition) is 3. The van der Waals surface area contributed by atoms with Crippen LogP contribution in [0.1, 0.15) is 36.0 Å². The first-order chi connectivity index (χ1) is 11.1. The Kier molecular flexibility index (Phi) is 4.98. The van der Waals surface area contributed by atoms with Gasteiger partial charge in [0.25, 0.3) is 5.91 Å². The van der Waals surface area contributed by atoms with Gasteiger partial charge in [-0.3, -0.25) is 9.89 Å². The number of aromatic nitrogens is 2. The van der Waals surface area contributed by atoms with Gasteiger partial charge in [0.05, 0.1) is 23.6 Å². The third kappa shape index (κ3) is 3.92. The van der Waals surface area contributed by atoms with E-state index in [0.29, 0.717) is 28.7 Å². The normalized spacial score (nSPS) is 21.1. The van der Waals surface area contributed by atoms with Gasteiger partial charge in [-0.25, -0.2) is 0 Å². The Balaban J connectivity index is 1.68. The Labute approximate surface area is 140 Å². The van der Waals surface area contributed by atoms with Gasteiger partial charge in [-0.1, -0.05) is 30.2 Å². The van der Waals surface area contributed by atoms with Gasteiger partial charge in [0.15, 0.2) is 0 Å². The molecule has 1 amide bonds. The molecule has 2 atom stereocenters. The van der Waals surface area contributed by atoms with Gasteiger partial charge in [-0.05, 0) is 37.3 Å². The third-order valence-corrected chi connectivity index (χ3v) is 4.54. The molecule has 6 heteroatoms. The predicted molar refractivity (Wildman–Crippen MR) is 89.3 cm³/mol. The largest absolute Gasteiger partial charge is 0.393 e. The minimum absolute atomic E-state index is 0.159. The Bertz CT molecular complexity index is 686. The molecule has 2 aromatic rings. The Morgan fingerprint density at radius 3 is 3.09 bits per heavy atom. The Hall–Kier alpha value is -1.85. The first-order valence-corrected chi connectivity index (χ1v) is 8.27. The number of nitrogens with one attached hydrogen (secondary N) is 2. The summed E-state index contributed by atoms with van der Waals surface area (Å²) in [5, 5.41) is 20.1. The van der Waals surface area contributed by atoms with Crippen molar-refractivity contribution in [1.82, 2.24) is 15.5 Å². The molecule has 0 saturated heterocycles. The second-order valence-corrected chi connectivity index (χ2v) is 6.50. The van der Waals surface area contributed by atoms with Crippen LogP contribution in [-0.2, 0) is 0 Å². The topological polar surface area (TPSA) is 78.0 Å². The van der Waals surface area contributed by atoms with Crippen molar-refractivity contribution in [2.45, 2.75) is 31.8 Å². The fraction of sp³-hybridized carbons (Fsp3) is 0.412. The van der Waals surface area contributed by atoms with Gasteiger partial charge in [0.2, 0.25) is 0 Å². The second kappa shape index (κ2) is 7.15. The zero-order valence-corrected chi connectivity index (χ0v) is 13.5. The molecule has 3 rings (SSSR count). The summed E-state index contributed by atoms with van der Waals surface area (Å²) in [7, 11) is 0. The van der Waals surface area contributed by atoms with Crippen LogP contribution in [0.15, 0.2) is 30.5 Å². The van der Waals surface area contributed by atoms with Crippen molar-refractivity contribution in [2.24, 2.45) is 5.92 Å². The number of H-pyrrole nitrogens is 1. The number of rotatable bonds is 4. The monoisotopic (exact) mass is 333 g/mol. The summed E-state index contributed by atoms with van der Waals surface area (Å²) in [4.78, 5) is 12.4. The highest BCUT2D eigenvalue weighted by molar-refractivity contribution is 6.30. The number of nitrogens with zero attached hydrogens (tertiary/aromatic N) is 1. The van der Waals surface area contributed by atoms with Crippen LogP contribution in [-0.4, -0.2) is 33.9 Å². The lowest BCUT2D eigenvalue weighted by atomic mass is 9.87. The van der Waals surface area contributed by atoms with E-state index in [2.05, 4.69) is 15.5 Å². The van der Waals surface area contributed by atoms with E-state index >= 15 is 0 Å². The van der Waals surface area contributed by atoms with Crippen molar-refractivity contribution in [2.75, 3.05) is 6.54 Å². The van der Waals surface area contributed by atoms with Crippen LogP contribution in [0.2, 0.25) is 5.02 Å². The highest BCUT2D eigenvalue weighted by Crippen LogP contribution is 2.25. The highest BCUT2D eigenvalue weighted by Gasteiger charge is 2.22. The van der Waals surface area contributed by atoms with E-state index in [0.717, 1.165) is 31.2 Å². The molecular formula is C17H20ClN3O2. The second-order valence-electron chi connectivity index (χ2n) is 6.07. The molecule has 0 bridgehead atoms. The fourth-order valence-corrected chi connectivity index (χ4v) is 3.29. The van der Waals surface area contributed by atoms with E-state index < -0.39 is 0 Å².